The minimum absolute atomic E-state index is 0.274. The van der Waals surface area contributed by atoms with Gasteiger partial charge in [0.2, 0.25) is 5.88 Å². The van der Waals surface area contributed by atoms with Crippen LogP contribution >= 0.6 is 11.8 Å². The summed E-state index contributed by atoms with van der Waals surface area (Å²) in [5.74, 6) is -0.0541. The third-order valence-corrected chi connectivity index (χ3v) is 7.54. The van der Waals surface area contributed by atoms with E-state index in [-0.39, 0.29) is 6.61 Å². The molecule has 0 spiro atoms. The van der Waals surface area contributed by atoms with Crippen LogP contribution in [0.1, 0.15) is 5.56 Å². The van der Waals surface area contributed by atoms with Crippen LogP contribution in [0.25, 0.3) is 21.9 Å². The summed E-state index contributed by atoms with van der Waals surface area (Å²) in [6.45, 7) is 0.274. The number of nitrogens with one attached hydrogen (secondary N) is 1. The van der Waals surface area contributed by atoms with Gasteiger partial charge in [0, 0.05) is 4.90 Å². The lowest BCUT2D eigenvalue weighted by molar-refractivity contribution is 0.308. The maximum absolute atomic E-state index is 12.6. The summed E-state index contributed by atoms with van der Waals surface area (Å²) in [4.78, 5) is 1.16. The number of anilines is 1. The molecule has 5 rings (SSSR count). The number of thioether (sulfide) groups is 1. The maximum atomic E-state index is 12.6. The Morgan fingerprint density at radius 1 is 0.912 bits per heavy atom. The molecule has 0 aromatic heterocycles. The number of aliphatic hydroxyl groups excluding tert-OH is 1. The van der Waals surface area contributed by atoms with Crippen molar-refractivity contribution < 1.29 is 18.3 Å². The van der Waals surface area contributed by atoms with Gasteiger partial charge < -0.3 is 9.84 Å². The lowest BCUT2D eigenvalue weighted by atomic mass is 10.0. The Bertz CT molecular complexity index is 1500. The average molecular weight is 491 g/mol. The van der Waals surface area contributed by atoms with E-state index in [4.69, 9.17) is 4.74 Å². The topological polar surface area (TPSA) is 78.9 Å². The Morgan fingerprint density at radius 2 is 1.71 bits per heavy atom. The number of hydrogen-bond donors (Lipinski definition) is 2. The van der Waals surface area contributed by atoms with Crippen LogP contribution in [0.5, 0.6) is 5.75 Å². The molecule has 0 amide bonds. The fourth-order valence-corrected chi connectivity index (χ4v) is 5.37. The number of ether oxygens (including phenoxy) is 1. The Hall–Kier alpha value is -3.62. The van der Waals surface area contributed by atoms with Crippen LogP contribution in [0.2, 0.25) is 0 Å². The van der Waals surface area contributed by atoms with E-state index in [1.54, 1.807) is 17.8 Å². The second-order valence-electron chi connectivity index (χ2n) is 7.81. The van der Waals surface area contributed by atoms with Gasteiger partial charge in [-0.15, -0.1) is 11.8 Å². The van der Waals surface area contributed by atoms with E-state index in [9.17, 15) is 13.5 Å². The van der Waals surface area contributed by atoms with Crippen LogP contribution in [-0.2, 0) is 16.8 Å². The molecule has 172 valence electrons. The van der Waals surface area contributed by atoms with Crippen molar-refractivity contribution in [2.45, 2.75) is 11.5 Å². The second-order valence-corrected chi connectivity index (χ2v) is 10.2. The van der Waals surface area contributed by atoms with Crippen LogP contribution in [0, 0.1) is 0 Å². The largest absolute Gasteiger partial charge is 0.493 e. The molecular formula is C26H22N2O4S2. The van der Waals surface area contributed by atoms with Gasteiger partial charge in [-0.05, 0) is 64.1 Å². The molecule has 1 aliphatic rings. The average Bonchev–Trinajstić information content (AvgIpc) is 3.13. The molecule has 2 N–H and O–H groups in total. The van der Waals surface area contributed by atoms with Crippen LogP contribution in [-0.4, -0.2) is 19.8 Å². The number of fused-ring (bicyclic) bond motifs is 1. The van der Waals surface area contributed by atoms with Crippen molar-refractivity contribution in [3.63, 3.8) is 0 Å². The Kier molecular flexibility index (Phi) is 5.85. The summed E-state index contributed by atoms with van der Waals surface area (Å²) in [6, 6.07) is 27.6. The highest BCUT2D eigenvalue weighted by atomic mass is 32.2. The van der Waals surface area contributed by atoms with Gasteiger partial charge in [-0.2, -0.15) is 8.42 Å². The highest BCUT2D eigenvalue weighted by Crippen LogP contribution is 2.38. The summed E-state index contributed by atoms with van der Waals surface area (Å²) < 4.78 is 34.4. The highest BCUT2D eigenvalue weighted by Gasteiger charge is 2.31. The minimum Gasteiger partial charge on any atom is -0.493 e. The zero-order chi connectivity index (χ0) is 23.7. The van der Waals surface area contributed by atoms with Crippen molar-refractivity contribution in [2.24, 2.45) is 0 Å². The molecule has 4 aromatic carbocycles. The Labute approximate surface area is 202 Å². The molecule has 0 bridgehead atoms. The fourth-order valence-electron chi connectivity index (χ4n) is 3.86. The van der Waals surface area contributed by atoms with Crippen LogP contribution in [0.4, 0.5) is 5.69 Å². The van der Waals surface area contributed by atoms with Crippen molar-refractivity contribution >= 4 is 38.4 Å². The molecule has 0 atom stereocenters. The quantitative estimate of drug-likeness (QED) is 0.333. The lowest BCUT2D eigenvalue weighted by Gasteiger charge is -2.20. The fraction of sp³-hybridized carbons (Fsp3) is 0.0769. The summed E-state index contributed by atoms with van der Waals surface area (Å²) in [5.41, 5.74) is 3.37. The minimum atomic E-state index is -3.98. The third-order valence-electron chi connectivity index (χ3n) is 5.53. The second kappa shape index (κ2) is 8.96. The first-order valence-electron chi connectivity index (χ1n) is 10.5. The molecule has 0 saturated heterocycles. The molecule has 8 heteroatoms. The first-order valence-corrected chi connectivity index (χ1v) is 13.2. The van der Waals surface area contributed by atoms with Crippen molar-refractivity contribution in [1.82, 2.24) is 4.72 Å². The third kappa shape index (κ3) is 4.42. The maximum Gasteiger partial charge on any atom is 0.330 e. The van der Waals surface area contributed by atoms with E-state index >= 15 is 0 Å². The molecule has 0 fully saturated rings. The van der Waals surface area contributed by atoms with Crippen LogP contribution in [0.3, 0.4) is 0 Å². The van der Waals surface area contributed by atoms with Crippen molar-refractivity contribution in [3.8, 4) is 16.9 Å². The highest BCUT2D eigenvalue weighted by molar-refractivity contribution is 7.98. The summed E-state index contributed by atoms with van der Waals surface area (Å²) >= 11 is 1.68. The van der Waals surface area contributed by atoms with Crippen LogP contribution in [0.15, 0.2) is 102 Å². The van der Waals surface area contributed by atoms with Crippen molar-refractivity contribution in [2.75, 3.05) is 10.6 Å². The first kappa shape index (κ1) is 22.2. The summed E-state index contributed by atoms with van der Waals surface area (Å²) in [5, 5.41) is 11.6. The van der Waals surface area contributed by atoms with E-state index < -0.39 is 16.1 Å². The SMILES string of the molecule is CSc1cccc(-c2ccc3cc(OCc4ccccc4)c(N4C=C(O)NS4(=O)=O)cc3c2)c1. The zero-order valence-corrected chi connectivity index (χ0v) is 19.9. The number of benzene rings is 4. The van der Waals surface area contributed by atoms with E-state index in [0.717, 1.165) is 42.9 Å². The van der Waals surface area contributed by atoms with Crippen molar-refractivity contribution in [3.05, 3.63) is 103 Å². The Morgan fingerprint density at radius 3 is 2.44 bits per heavy atom. The number of nitrogens with zero attached hydrogens (tertiary/aromatic N) is 1. The molecular weight excluding hydrogens is 468 g/mol. The predicted octanol–water partition coefficient (Wildman–Crippen LogP) is 5.82. The molecule has 1 heterocycles. The summed E-state index contributed by atoms with van der Waals surface area (Å²) in [6.07, 6.45) is 3.17. The number of hydrogen-bond acceptors (Lipinski definition) is 5. The normalized spacial score (nSPS) is 14.6. The van der Waals surface area contributed by atoms with Gasteiger partial charge in [-0.25, -0.2) is 9.03 Å². The molecule has 4 aromatic rings. The van der Waals surface area contributed by atoms with Gasteiger partial charge in [-0.1, -0.05) is 54.6 Å². The molecule has 34 heavy (non-hydrogen) atoms. The smallest absolute Gasteiger partial charge is 0.330 e. The van der Waals surface area contributed by atoms with Gasteiger partial charge in [0.05, 0.1) is 6.20 Å². The van der Waals surface area contributed by atoms with E-state index in [1.807, 2.05) is 66.9 Å². The van der Waals surface area contributed by atoms with Gasteiger partial charge in [0.25, 0.3) is 0 Å². The standard InChI is InChI=1S/C26H22N2O4S2/c1-33-23-9-5-8-19(13-23)20-10-11-21-15-25(32-17-18-6-3-2-4-7-18)24(14-22(21)12-20)28-16-26(29)27-34(28,30)31/h2-16,27,29H,17H2,1H3. The van der Waals surface area contributed by atoms with Gasteiger partial charge in [-0.3, -0.25) is 0 Å². The van der Waals surface area contributed by atoms with E-state index in [0.29, 0.717) is 11.4 Å². The zero-order valence-electron chi connectivity index (χ0n) is 18.3. The van der Waals surface area contributed by atoms with Gasteiger partial charge in [0.1, 0.15) is 18.0 Å². The molecule has 0 unspecified atom stereocenters. The molecule has 0 radical (unpaired) electrons. The number of rotatable bonds is 6. The van der Waals surface area contributed by atoms with Crippen molar-refractivity contribution in [1.29, 1.82) is 0 Å². The van der Waals surface area contributed by atoms with Crippen LogP contribution < -0.4 is 13.8 Å². The van der Waals surface area contributed by atoms with E-state index in [1.165, 1.54) is 0 Å². The van der Waals surface area contributed by atoms with Gasteiger partial charge in [0.15, 0.2) is 0 Å². The molecule has 0 saturated carbocycles. The number of aliphatic hydroxyl groups is 1. The predicted molar refractivity (Wildman–Crippen MR) is 137 cm³/mol. The molecule has 6 nitrogen and oxygen atoms in total. The van der Waals surface area contributed by atoms with E-state index in [2.05, 4.69) is 22.9 Å². The Balaban J connectivity index is 1.61. The van der Waals surface area contributed by atoms with Gasteiger partial charge >= 0.3 is 10.2 Å². The molecule has 0 aliphatic carbocycles. The molecule has 1 aliphatic heterocycles. The lowest BCUT2D eigenvalue weighted by Crippen LogP contribution is -2.29. The monoisotopic (exact) mass is 490 g/mol. The first-order chi connectivity index (χ1) is 16.4. The summed E-state index contributed by atoms with van der Waals surface area (Å²) in [7, 11) is -3.98.